The van der Waals surface area contributed by atoms with Crippen molar-refractivity contribution in [2.75, 3.05) is 4.43 Å². The minimum atomic E-state index is 0.190. The molecule has 0 radical (unpaired) electrons. The van der Waals surface area contributed by atoms with Crippen molar-refractivity contribution in [2.45, 2.75) is 50.7 Å². The van der Waals surface area contributed by atoms with Gasteiger partial charge in [0.15, 0.2) is 0 Å². The van der Waals surface area contributed by atoms with E-state index in [2.05, 4.69) is 36.4 Å². The van der Waals surface area contributed by atoms with Crippen LogP contribution in [0.2, 0.25) is 0 Å². The first kappa shape index (κ1) is 9.25. The number of alkyl halides is 1. The molecule has 0 bridgehead atoms. The maximum absolute atomic E-state index is 6.23. The van der Waals surface area contributed by atoms with Gasteiger partial charge in [-0.25, -0.2) is 0 Å². The topological polar surface area (TPSA) is 9.23 Å². The fourth-order valence-electron chi connectivity index (χ4n) is 2.44. The molecule has 2 heteroatoms. The summed E-state index contributed by atoms with van der Waals surface area (Å²) in [7, 11) is 0. The molecular formula is C10H17IO. The monoisotopic (exact) mass is 280 g/mol. The second kappa shape index (κ2) is 2.84. The van der Waals surface area contributed by atoms with E-state index in [9.17, 15) is 0 Å². The highest BCUT2D eigenvalue weighted by molar-refractivity contribution is 14.1. The molecule has 1 saturated heterocycles. The fraction of sp³-hybridized carbons (Fsp3) is 1.00. The average molecular weight is 280 g/mol. The molecule has 2 rings (SSSR count). The average Bonchev–Trinajstić information content (AvgIpc) is 2.45. The second-order valence-electron chi connectivity index (χ2n) is 4.69. The molecule has 3 atom stereocenters. The molecule has 1 aliphatic heterocycles. The normalized spacial score (nSPS) is 52.8. The third kappa shape index (κ3) is 1.22. The van der Waals surface area contributed by atoms with E-state index in [-0.39, 0.29) is 5.60 Å². The van der Waals surface area contributed by atoms with Crippen molar-refractivity contribution in [3.63, 3.8) is 0 Å². The molecule has 1 heterocycles. The van der Waals surface area contributed by atoms with Crippen LogP contribution in [0.4, 0.5) is 0 Å². The van der Waals surface area contributed by atoms with Crippen LogP contribution >= 0.6 is 22.6 Å². The Kier molecular flexibility index (Phi) is 2.19. The fourth-order valence-corrected chi connectivity index (χ4v) is 2.98. The van der Waals surface area contributed by atoms with Crippen molar-refractivity contribution in [1.82, 2.24) is 0 Å². The van der Waals surface area contributed by atoms with Crippen molar-refractivity contribution in [3.05, 3.63) is 0 Å². The van der Waals surface area contributed by atoms with Crippen LogP contribution in [-0.2, 0) is 4.74 Å². The van der Waals surface area contributed by atoms with Gasteiger partial charge in [-0.1, -0.05) is 29.5 Å². The van der Waals surface area contributed by atoms with Crippen LogP contribution in [0.25, 0.3) is 0 Å². The first-order valence-corrected chi connectivity index (χ1v) is 6.39. The lowest BCUT2D eigenvalue weighted by molar-refractivity contribution is -0.156. The molecule has 1 aliphatic carbocycles. The number of halogens is 1. The zero-order chi connectivity index (χ0) is 8.82. The van der Waals surface area contributed by atoms with E-state index < -0.39 is 0 Å². The molecule has 0 N–H and O–H groups in total. The van der Waals surface area contributed by atoms with Gasteiger partial charge in [-0.05, 0) is 38.5 Å². The van der Waals surface area contributed by atoms with Gasteiger partial charge < -0.3 is 4.74 Å². The molecule has 2 fully saturated rings. The summed E-state index contributed by atoms with van der Waals surface area (Å²) in [5, 5.41) is 0. The Bertz CT molecular complexity index is 194. The Morgan fingerprint density at radius 3 is 2.42 bits per heavy atom. The standard InChI is InChI=1S/C10H17IO/c1-8-3-4-10(8)6-5-9(2,7-11)12-10/h8H,3-7H2,1-2H3. The van der Waals surface area contributed by atoms with Crippen molar-refractivity contribution in [2.24, 2.45) is 5.92 Å². The third-order valence-corrected chi connectivity index (χ3v) is 5.32. The van der Waals surface area contributed by atoms with Gasteiger partial charge in [0.1, 0.15) is 0 Å². The predicted molar refractivity (Wildman–Crippen MR) is 58.7 cm³/mol. The number of ether oxygens (including phenoxy) is 1. The Morgan fingerprint density at radius 2 is 2.17 bits per heavy atom. The number of hydrogen-bond donors (Lipinski definition) is 0. The molecule has 3 unspecified atom stereocenters. The summed E-state index contributed by atoms with van der Waals surface area (Å²) in [6.45, 7) is 4.60. The summed E-state index contributed by atoms with van der Waals surface area (Å²) >= 11 is 2.45. The van der Waals surface area contributed by atoms with Gasteiger partial charge in [0.2, 0.25) is 0 Å². The Morgan fingerprint density at radius 1 is 1.42 bits per heavy atom. The molecule has 12 heavy (non-hydrogen) atoms. The quantitative estimate of drug-likeness (QED) is 0.529. The van der Waals surface area contributed by atoms with Crippen molar-refractivity contribution in [3.8, 4) is 0 Å². The van der Waals surface area contributed by atoms with Gasteiger partial charge in [0, 0.05) is 4.43 Å². The zero-order valence-corrected chi connectivity index (χ0v) is 10.1. The van der Waals surface area contributed by atoms with Crippen LogP contribution in [0.15, 0.2) is 0 Å². The predicted octanol–water partition coefficient (Wildman–Crippen LogP) is 3.16. The maximum Gasteiger partial charge on any atom is 0.0752 e. The van der Waals surface area contributed by atoms with Crippen LogP contribution in [0, 0.1) is 5.92 Å². The summed E-state index contributed by atoms with van der Waals surface area (Å²) < 4.78 is 7.36. The van der Waals surface area contributed by atoms with E-state index >= 15 is 0 Å². The summed E-state index contributed by atoms with van der Waals surface area (Å²) in [6, 6.07) is 0. The largest absolute Gasteiger partial charge is 0.368 e. The second-order valence-corrected chi connectivity index (χ2v) is 5.45. The first-order valence-electron chi connectivity index (χ1n) is 4.86. The highest BCUT2D eigenvalue weighted by Crippen LogP contribution is 2.53. The van der Waals surface area contributed by atoms with Crippen LogP contribution in [0.3, 0.4) is 0 Å². The molecule has 0 amide bonds. The maximum atomic E-state index is 6.23. The summed E-state index contributed by atoms with van der Waals surface area (Å²) in [4.78, 5) is 0. The van der Waals surface area contributed by atoms with Gasteiger partial charge in [-0.3, -0.25) is 0 Å². The van der Waals surface area contributed by atoms with Crippen molar-refractivity contribution in [1.29, 1.82) is 0 Å². The smallest absolute Gasteiger partial charge is 0.0752 e. The number of rotatable bonds is 1. The molecule has 0 aromatic carbocycles. The van der Waals surface area contributed by atoms with Crippen LogP contribution in [0.5, 0.6) is 0 Å². The SMILES string of the molecule is CC1CCC12CCC(C)(CI)O2. The Labute approximate surface area is 88.4 Å². The molecule has 0 aromatic rings. The van der Waals surface area contributed by atoms with E-state index in [1.165, 1.54) is 25.7 Å². The molecular weight excluding hydrogens is 263 g/mol. The van der Waals surface area contributed by atoms with Crippen LogP contribution in [-0.4, -0.2) is 15.6 Å². The lowest BCUT2D eigenvalue weighted by Gasteiger charge is -2.46. The molecule has 0 aromatic heterocycles. The Hall–Kier alpha value is 0.690. The minimum Gasteiger partial charge on any atom is -0.368 e. The van der Waals surface area contributed by atoms with Gasteiger partial charge in [-0.15, -0.1) is 0 Å². The van der Waals surface area contributed by atoms with E-state index in [0.717, 1.165) is 10.3 Å². The van der Waals surface area contributed by atoms with Gasteiger partial charge in [-0.2, -0.15) is 0 Å². The summed E-state index contributed by atoms with van der Waals surface area (Å²) in [6.07, 6.45) is 5.24. The van der Waals surface area contributed by atoms with Gasteiger partial charge in [0.25, 0.3) is 0 Å². The molecule has 1 saturated carbocycles. The van der Waals surface area contributed by atoms with Crippen LogP contribution in [0.1, 0.15) is 39.5 Å². The summed E-state index contributed by atoms with van der Waals surface area (Å²) in [5.74, 6) is 0.808. The zero-order valence-electron chi connectivity index (χ0n) is 7.90. The molecule has 1 spiro atoms. The molecule has 70 valence electrons. The lowest BCUT2D eigenvalue weighted by atomic mass is 9.69. The van der Waals surface area contributed by atoms with Crippen molar-refractivity contribution >= 4 is 22.6 Å². The first-order chi connectivity index (χ1) is 5.60. The lowest BCUT2D eigenvalue weighted by Crippen LogP contribution is -2.47. The highest BCUT2D eigenvalue weighted by Gasteiger charge is 2.53. The highest BCUT2D eigenvalue weighted by atomic mass is 127. The third-order valence-electron chi connectivity index (χ3n) is 3.71. The van der Waals surface area contributed by atoms with Gasteiger partial charge in [0.05, 0.1) is 11.2 Å². The van der Waals surface area contributed by atoms with Crippen molar-refractivity contribution < 1.29 is 4.74 Å². The van der Waals surface area contributed by atoms with E-state index in [1.807, 2.05) is 0 Å². The van der Waals surface area contributed by atoms with E-state index in [1.54, 1.807) is 0 Å². The minimum absolute atomic E-state index is 0.190. The number of hydrogen-bond acceptors (Lipinski definition) is 1. The molecule has 1 nitrogen and oxygen atoms in total. The Balaban J connectivity index is 2.06. The van der Waals surface area contributed by atoms with E-state index in [0.29, 0.717) is 5.60 Å². The summed E-state index contributed by atoms with van der Waals surface area (Å²) in [5.41, 5.74) is 0.495. The van der Waals surface area contributed by atoms with Crippen LogP contribution < -0.4 is 0 Å². The van der Waals surface area contributed by atoms with Gasteiger partial charge >= 0.3 is 0 Å². The molecule has 2 aliphatic rings. The van der Waals surface area contributed by atoms with E-state index in [4.69, 9.17) is 4.74 Å².